The maximum atomic E-state index is 6.36. The molecule has 2 aromatic rings. The molecule has 1 unspecified atom stereocenters. The van der Waals surface area contributed by atoms with Gasteiger partial charge in [-0.25, -0.2) is 0 Å². The summed E-state index contributed by atoms with van der Waals surface area (Å²) in [5, 5.41) is 2.03. The third kappa shape index (κ3) is 5.81. The summed E-state index contributed by atoms with van der Waals surface area (Å²) < 4.78 is 5.56. The summed E-state index contributed by atoms with van der Waals surface area (Å²) in [6, 6.07) is 18.9. The summed E-state index contributed by atoms with van der Waals surface area (Å²) >= 11 is 1.60. The largest absolute Gasteiger partial charge is 0.495 e. The first kappa shape index (κ1) is 21.3. The molecule has 0 aliphatic carbocycles. The van der Waals surface area contributed by atoms with Crippen LogP contribution in [0.1, 0.15) is 18.9 Å². The van der Waals surface area contributed by atoms with Crippen LogP contribution in [0.2, 0.25) is 0 Å². The number of nitrogens with two attached hydrogens (primary N) is 1. The molecule has 1 heterocycles. The Bertz CT molecular complexity index is 837. The van der Waals surface area contributed by atoms with E-state index in [0.29, 0.717) is 6.04 Å². The van der Waals surface area contributed by atoms with Crippen LogP contribution in [0.5, 0.6) is 5.75 Å². The molecule has 3 rings (SSSR count). The van der Waals surface area contributed by atoms with Crippen molar-refractivity contribution in [3.63, 3.8) is 0 Å². The predicted molar refractivity (Wildman–Crippen MR) is 126 cm³/mol. The van der Waals surface area contributed by atoms with Crippen molar-refractivity contribution in [3.8, 4) is 5.75 Å². The summed E-state index contributed by atoms with van der Waals surface area (Å²) in [6.45, 7) is 10.2. The van der Waals surface area contributed by atoms with Crippen LogP contribution in [0.4, 0.5) is 5.69 Å². The topological polar surface area (TPSA) is 41.7 Å². The molecule has 154 valence electrons. The first-order valence-electron chi connectivity index (χ1n) is 10.1. The molecule has 2 N–H and O–H groups in total. The van der Waals surface area contributed by atoms with Gasteiger partial charge in [0, 0.05) is 42.8 Å². The molecule has 0 amide bonds. The lowest BCUT2D eigenvalue weighted by Crippen LogP contribution is -2.40. The van der Waals surface area contributed by atoms with Gasteiger partial charge < -0.3 is 15.4 Å². The van der Waals surface area contributed by atoms with Crippen LogP contribution in [0.15, 0.2) is 72.3 Å². The second-order valence-corrected chi connectivity index (χ2v) is 8.35. The van der Waals surface area contributed by atoms with Crippen LogP contribution in [-0.2, 0) is 0 Å². The number of methoxy groups -OCH3 is 1. The molecule has 29 heavy (non-hydrogen) atoms. The predicted octanol–water partition coefficient (Wildman–Crippen LogP) is 4.80. The molecular weight excluding hydrogens is 378 g/mol. The second kappa shape index (κ2) is 10.4. The Hall–Kier alpha value is -2.37. The highest BCUT2D eigenvalue weighted by Gasteiger charge is 2.23. The van der Waals surface area contributed by atoms with Gasteiger partial charge in [0.25, 0.3) is 0 Å². The molecule has 1 atom stereocenters. The van der Waals surface area contributed by atoms with Gasteiger partial charge in [-0.05, 0) is 36.4 Å². The zero-order chi connectivity index (χ0) is 20.6. The summed E-state index contributed by atoms with van der Waals surface area (Å²) in [5.41, 5.74) is 9.54. The van der Waals surface area contributed by atoms with Crippen LogP contribution >= 0.6 is 11.8 Å². The highest BCUT2D eigenvalue weighted by Crippen LogP contribution is 2.30. The van der Waals surface area contributed by atoms with E-state index < -0.39 is 0 Å². The van der Waals surface area contributed by atoms with Crippen molar-refractivity contribution in [1.29, 1.82) is 0 Å². The summed E-state index contributed by atoms with van der Waals surface area (Å²) in [7, 11) is 1.73. The first-order chi connectivity index (χ1) is 14.1. The van der Waals surface area contributed by atoms with Crippen LogP contribution in [0.25, 0.3) is 4.91 Å². The second-order valence-electron chi connectivity index (χ2n) is 7.39. The number of anilines is 1. The maximum absolute atomic E-state index is 6.36. The van der Waals surface area contributed by atoms with E-state index in [9.17, 15) is 0 Å². The Morgan fingerprint density at radius 1 is 1.17 bits per heavy atom. The molecule has 5 heteroatoms. The van der Waals surface area contributed by atoms with Crippen molar-refractivity contribution < 1.29 is 4.74 Å². The highest BCUT2D eigenvalue weighted by molar-refractivity contribution is 8.10. The van der Waals surface area contributed by atoms with E-state index in [1.54, 1.807) is 18.9 Å². The molecule has 0 bridgehead atoms. The van der Waals surface area contributed by atoms with E-state index in [1.165, 1.54) is 5.69 Å². The molecule has 2 aromatic carbocycles. The fourth-order valence-corrected chi connectivity index (χ4v) is 4.31. The van der Waals surface area contributed by atoms with Gasteiger partial charge in [-0.3, -0.25) is 4.90 Å². The lowest BCUT2D eigenvalue weighted by Gasteiger charge is -2.30. The molecule has 1 fully saturated rings. The monoisotopic (exact) mass is 409 g/mol. The Kier molecular flexibility index (Phi) is 7.67. The van der Waals surface area contributed by atoms with Crippen LogP contribution in [0.3, 0.4) is 0 Å². The Balaban J connectivity index is 1.59. The SMILES string of the molecule is C=C(S/C=C(\N)CN1CCCN(c2ccccc2OC)CC1C)c1ccccc1. The van der Waals surface area contributed by atoms with Gasteiger partial charge in [0.2, 0.25) is 0 Å². The zero-order valence-electron chi connectivity index (χ0n) is 17.4. The van der Waals surface area contributed by atoms with Gasteiger partial charge in [0.05, 0.1) is 12.8 Å². The molecule has 1 aliphatic rings. The minimum atomic E-state index is 0.400. The Morgan fingerprint density at radius 2 is 1.90 bits per heavy atom. The quantitative estimate of drug-likeness (QED) is 0.711. The van der Waals surface area contributed by atoms with Gasteiger partial charge in [0.1, 0.15) is 5.75 Å². The molecule has 1 saturated heterocycles. The number of hydrogen-bond acceptors (Lipinski definition) is 5. The van der Waals surface area contributed by atoms with Gasteiger partial charge >= 0.3 is 0 Å². The van der Waals surface area contributed by atoms with E-state index in [2.05, 4.69) is 47.6 Å². The van der Waals surface area contributed by atoms with Crippen molar-refractivity contribution >= 4 is 22.4 Å². The Morgan fingerprint density at radius 3 is 2.66 bits per heavy atom. The van der Waals surface area contributed by atoms with E-state index >= 15 is 0 Å². The first-order valence-corrected chi connectivity index (χ1v) is 10.9. The molecule has 1 aliphatic heterocycles. The van der Waals surface area contributed by atoms with E-state index in [4.69, 9.17) is 10.5 Å². The number of nitrogens with zero attached hydrogens (tertiary/aromatic N) is 2. The van der Waals surface area contributed by atoms with Crippen molar-refractivity contribution in [2.24, 2.45) is 5.73 Å². The number of benzene rings is 2. The van der Waals surface area contributed by atoms with E-state index in [1.807, 2.05) is 35.7 Å². The van der Waals surface area contributed by atoms with Crippen LogP contribution in [-0.4, -0.2) is 44.2 Å². The highest BCUT2D eigenvalue weighted by atomic mass is 32.2. The third-order valence-electron chi connectivity index (χ3n) is 5.24. The number of para-hydroxylation sites is 2. The van der Waals surface area contributed by atoms with Gasteiger partial charge in [0.15, 0.2) is 0 Å². The van der Waals surface area contributed by atoms with E-state index in [0.717, 1.165) is 54.5 Å². The normalized spacial score (nSPS) is 18.3. The summed E-state index contributed by atoms with van der Waals surface area (Å²) in [6.07, 6.45) is 1.10. The average Bonchev–Trinajstić information content (AvgIpc) is 2.94. The number of ether oxygens (including phenoxy) is 1. The number of hydrogen-bond donors (Lipinski definition) is 1. The fourth-order valence-electron chi connectivity index (χ4n) is 3.67. The number of rotatable bonds is 7. The van der Waals surface area contributed by atoms with Crippen molar-refractivity contribution in [2.75, 3.05) is 38.2 Å². The van der Waals surface area contributed by atoms with Gasteiger partial charge in [-0.2, -0.15) is 0 Å². The smallest absolute Gasteiger partial charge is 0.142 e. The zero-order valence-corrected chi connectivity index (χ0v) is 18.2. The Labute approximate surface area is 179 Å². The summed E-state index contributed by atoms with van der Waals surface area (Å²) in [4.78, 5) is 5.91. The average molecular weight is 410 g/mol. The number of thioether (sulfide) groups is 1. The third-order valence-corrected chi connectivity index (χ3v) is 6.18. The molecule has 0 saturated carbocycles. The van der Waals surface area contributed by atoms with E-state index in [-0.39, 0.29) is 0 Å². The van der Waals surface area contributed by atoms with Crippen molar-refractivity contribution in [3.05, 3.63) is 77.8 Å². The van der Waals surface area contributed by atoms with Gasteiger partial charge in [-0.15, -0.1) is 0 Å². The van der Waals surface area contributed by atoms with Crippen LogP contribution in [0, 0.1) is 0 Å². The lowest BCUT2D eigenvalue weighted by atomic mass is 10.2. The molecule has 0 aromatic heterocycles. The fraction of sp³-hybridized carbons (Fsp3) is 0.333. The minimum absolute atomic E-state index is 0.400. The van der Waals surface area contributed by atoms with Crippen molar-refractivity contribution in [2.45, 2.75) is 19.4 Å². The van der Waals surface area contributed by atoms with Crippen LogP contribution < -0.4 is 15.4 Å². The maximum Gasteiger partial charge on any atom is 0.142 e. The molecule has 4 nitrogen and oxygen atoms in total. The molecular formula is C24H31N3OS. The standard InChI is InChI=1S/C24H31N3OS/c1-19-16-27(23-12-7-8-13-24(23)28-3)15-9-14-26(19)17-22(25)18-29-20(2)21-10-5-4-6-11-21/h4-8,10-13,18-19H,2,9,14-17,25H2,1,3H3/b22-18-. The molecule has 0 radical (unpaired) electrons. The van der Waals surface area contributed by atoms with Gasteiger partial charge in [-0.1, -0.05) is 60.8 Å². The minimum Gasteiger partial charge on any atom is -0.495 e. The lowest BCUT2D eigenvalue weighted by molar-refractivity contribution is 0.243. The summed E-state index contributed by atoms with van der Waals surface area (Å²) in [5.74, 6) is 0.934. The molecule has 0 spiro atoms. The van der Waals surface area contributed by atoms with Crippen molar-refractivity contribution in [1.82, 2.24) is 4.90 Å².